The van der Waals surface area contributed by atoms with Gasteiger partial charge in [-0.1, -0.05) is 12.1 Å². The zero-order chi connectivity index (χ0) is 15.0. The minimum Gasteiger partial charge on any atom is -0.351 e. The van der Waals surface area contributed by atoms with Gasteiger partial charge >= 0.3 is 0 Å². The summed E-state index contributed by atoms with van der Waals surface area (Å²) in [7, 11) is 0. The molecule has 1 atom stereocenters. The summed E-state index contributed by atoms with van der Waals surface area (Å²) in [6, 6.07) is 7.29. The lowest BCUT2D eigenvalue weighted by Crippen LogP contribution is -2.32. The molecule has 1 fully saturated rings. The van der Waals surface area contributed by atoms with E-state index in [1.54, 1.807) is 13.0 Å². The number of carbonyl (C=O) groups excluding carboxylic acids is 2. The number of amides is 2. The molecule has 0 heterocycles. The number of hydrogen-bond donors (Lipinski definition) is 2. The van der Waals surface area contributed by atoms with Crippen LogP contribution in [0, 0.1) is 5.41 Å². The maximum Gasteiger partial charge on any atom is 0.229 e. The minimum atomic E-state index is -0.963. The first kappa shape index (κ1) is 15.1. The van der Waals surface area contributed by atoms with Crippen LogP contribution in [0.3, 0.4) is 0 Å². The number of rotatable bonds is 4. The molecule has 1 aliphatic carbocycles. The summed E-state index contributed by atoms with van der Waals surface area (Å²) in [6.07, 6.45) is 0.459. The van der Waals surface area contributed by atoms with Crippen molar-refractivity contribution in [3.63, 3.8) is 0 Å². The SMILES string of the molecule is CC(=O)Nc1cccc(CNC(=O)[C@@]2(C)CC2(Cl)Cl)c1. The van der Waals surface area contributed by atoms with Crippen LogP contribution < -0.4 is 10.6 Å². The number of alkyl halides is 2. The maximum atomic E-state index is 12.0. The first-order valence-electron chi connectivity index (χ1n) is 6.27. The minimum absolute atomic E-state index is 0.134. The largest absolute Gasteiger partial charge is 0.351 e. The van der Waals surface area contributed by atoms with Crippen LogP contribution in [0.15, 0.2) is 24.3 Å². The Morgan fingerprint density at radius 2 is 2.00 bits per heavy atom. The molecular formula is C14H16Cl2N2O2. The molecule has 20 heavy (non-hydrogen) atoms. The Hall–Kier alpha value is -1.26. The van der Waals surface area contributed by atoms with Crippen LogP contribution in [-0.2, 0) is 16.1 Å². The molecule has 0 bridgehead atoms. The molecule has 1 aromatic rings. The number of anilines is 1. The van der Waals surface area contributed by atoms with Crippen LogP contribution >= 0.6 is 23.2 Å². The quantitative estimate of drug-likeness (QED) is 0.840. The van der Waals surface area contributed by atoms with Crippen molar-refractivity contribution < 1.29 is 9.59 Å². The van der Waals surface area contributed by atoms with E-state index in [0.717, 1.165) is 5.56 Å². The molecule has 0 aliphatic heterocycles. The van der Waals surface area contributed by atoms with Crippen molar-refractivity contribution in [1.82, 2.24) is 5.32 Å². The fraction of sp³-hybridized carbons (Fsp3) is 0.429. The van der Waals surface area contributed by atoms with E-state index in [1.165, 1.54) is 6.92 Å². The number of carbonyl (C=O) groups is 2. The smallest absolute Gasteiger partial charge is 0.229 e. The topological polar surface area (TPSA) is 58.2 Å². The fourth-order valence-corrected chi connectivity index (χ4v) is 2.69. The fourth-order valence-electron chi connectivity index (χ4n) is 1.99. The van der Waals surface area contributed by atoms with E-state index in [2.05, 4.69) is 10.6 Å². The Labute approximate surface area is 127 Å². The molecule has 0 aromatic heterocycles. The third-order valence-corrected chi connectivity index (χ3v) is 4.56. The number of hydrogen-bond acceptors (Lipinski definition) is 2. The summed E-state index contributed by atoms with van der Waals surface area (Å²) in [5.41, 5.74) is 0.875. The van der Waals surface area contributed by atoms with Gasteiger partial charge < -0.3 is 10.6 Å². The van der Waals surface area contributed by atoms with Crippen molar-refractivity contribution in [3.05, 3.63) is 29.8 Å². The van der Waals surface area contributed by atoms with Gasteiger partial charge in [0.2, 0.25) is 11.8 Å². The normalized spacial score (nSPS) is 23.0. The highest BCUT2D eigenvalue weighted by Crippen LogP contribution is 2.63. The molecule has 0 saturated heterocycles. The Bertz CT molecular complexity index is 560. The average Bonchev–Trinajstić information content (AvgIpc) is 2.86. The third kappa shape index (κ3) is 3.07. The zero-order valence-electron chi connectivity index (χ0n) is 11.3. The highest BCUT2D eigenvalue weighted by molar-refractivity contribution is 6.53. The number of halogens is 2. The van der Waals surface area contributed by atoms with Crippen LogP contribution in [-0.4, -0.2) is 16.1 Å². The van der Waals surface area contributed by atoms with Gasteiger partial charge in [0.15, 0.2) is 0 Å². The van der Waals surface area contributed by atoms with Gasteiger partial charge in [-0.15, -0.1) is 23.2 Å². The molecule has 6 heteroatoms. The third-order valence-electron chi connectivity index (χ3n) is 3.46. The lowest BCUT2D eigenvalue weighted by molar-refractivity contribution is -0.126. The first-order valence-corrected chi connectivity index (χ1v) is 7.03. The Morgan fingerprint density at radius 3 is 2.55 bits per heavy atom. The Morgan fingerprint density at radius 1 is 1.35 bits per heavy atom. The highest BCUT2D eigenvalue weighted by Gasteiger charge is 2.67. The van der Waals surface area contributed by atoms with Crippen LogP contribution in [0.25, 0.3) is 0 Å². The van der Waals surface area contributed by atoms with Crippen LogP contribution in [0.1, 0.15) is 25.8 Å². The average molecular weight is 315 g/mol. The molecule has 0 radical (unpaired) electrons. The lowest BCUT2D eigenvalue weighted by Gasteiger charge is -2.13. The molecule has 4 nitrogen and oxygen atoms in total. The molecule has 0 spiro atoms. The monoisotopic (exact) mass is 314 g/mol. The zero-order valence-corrected chi connectivity index (χ0v) is 12.8. The molecule has 108 valence electrons. The summed E-state index contributed by atoms with van der Waals surface area (Å²) in [5.74, 6) is -0.293. The van der Waals surface area contributed by atoms with E-state index in [9.17, 15) is 9.59 Å². The van der Waals surface area contributed by atoms with Gasteiger partial charge in [-0.3, -0.25) is 9.59 Å². The summed E-state index contributed by atoms with van der Waals surface area (Å²) in [6.45, 7) is 3.56. The predicted molar refractivity (Wildman–Crippen MR) is 79.8 cm³/mol. The molecule has 1 aliphatic rings. The second-order valence-electron chi connectivity index (χ2n) is 5.28. The summed E-state index contributed by atoms with van der Waals surface area (Å²) < 4.78 is -0.963. The van der Waals surface area contributed by atoms with Crippen molar-refractivity contribution in [3.8, 4) is 0 Å². The maximum absolute atomic E-state index is 12.0. The first-order chi connectivity index (χ1) is 9.24. The molecule has 2 rings (SSSR count). The van der Waals surface area contributed by atoms with Gasteiger partial charge in [-0.25, -0.2) is 0 Å². The van der Waals surface area contributed by atoms with Crippen molar-refractivity contribution >= 4 is 40.7 Å². The van der Waals surface area contributed by atoms with Crippen LogP contribution in [0.4, 0.5) is 5.69 Å². The molecule has 2 amide bonds. The van der Waals surface area contributed by atoms with E-state index >= 15 is 0 Å². The molecule has 2 N–H and O–H groups in total. The molecule has 1 aromatic carbocycles. The lowest BCUT2D eigenvalue weighted by atomic mass is 10.1. The van der Waals surface area contributed by atoms with Crippen LogP contribution in [0.2, 0.25) is 0 Å². The summed E-state index contributed by atoms with van der Waals surface area (Å²) >= 11 is 11.9. The second kappa shape index (κ2) is 5.26. The van der Waals surface area contributed by atoms with Crippen LogP contribution in [0.5, 0.6) is 0 Å². The van der Waals surface area contributed by atoms with Gasteiger partial charge in [0, 0.05) is 19.2 Å². The standard InChI is InChI=1S/C14H16Cl2N2O2/c1-9(19)18-11-5-3-4-10(6-11)7-17-12(20)13(2)8-14(13,15)16/h3-6H,7-8H2,1-2H3,(H,17,20)(H,18,19)/t13-/m1/s1. The van der Waals surface area contributed by atoms with E-state index in [0.29, 0.717) is 18.7 Å². The summed E-state index contributed by atoms with van der Waals surface area (Å²) in [5, 5.41) is 5.51. The van der Waals surface area contributed by atoms with Gasteiger partial charge in [0.05, 0.1) is 5.41 Å². The van der Waals surface area contributed by atoms with E-state index in [-0.39, 0.29) is 11.8 Å². The molecular weight excluding hydrogens is 299 g/mol. The number of benzene rings is 1. The van der Waals surface area contributed by atoms with E-state index in [4.69, 9.17) is 23.2 Å². The predicted octanol–water partition coefficient (Wildman–Crippen LogP) is 2.85. The van der Waals surface area contributed by atoms with Gasteiger partial charge in [-0.05, 0) is 31.0 Å². The van der Waals surface area contributed by atoms with Crippen molar-refractivity contribution in [2.24, 2.45) is 5.41 Å². The van der Waals surface area contributed by atoms with Gasteiger partial charge in [0.1, 0.15) is 4.33 Å². The molecule has 1 saturated carbocycles. The Balaban J connectivity index is 1.95. The number of nitrogens with one attached hydrogen (secondary N) is 2. The van der Waals surface area contributed by atoms with Gasteiger partial charge in [0.25, 0.3) is 0 Å². The Kier molecular flexibility index (Phi) is 3.98. The highest BCUT2D eigenvalue weighted by atomic mass is 35.5. The van der Waals surface area contributed by atoms with Crippen molar-refractivity contribution in [1.29, 1.82) is 0 Å². The van der Waals surface area contributed by atoms with Crippen molar-refractivity contribution in [2.45, 2.75) is 31.1 Å². The van der Waals surface area contributed by atoms with Gasteiger partial charge in [-0.2, -0.15) is 0 Å². The van der Waals surface area contributed by atoms with Crippen molar-refractivity contribution in [2.75, 3.05) is 5.32 Å². The summed E-state index contributed by atoms with van der Waals surface area (Å²) in [4.78, 5) is 23.0. The van der Waals surface area contributed by atoms with E-state index in [1.807, 2.05) is 18.2 Å². The molecule has 0 unspecified atom stereocenters. The second-order valence-corrected chi connectivity index (χ2v) is 6.76. The van der Waals surface area contributed by atoms with E-state index < -0.39 is 9.75 Å².